The van der Waals surface area contributed by atoms with Crippen LogP contribution in [0, 0.1) is 11.6 Å². The third-order valence-electron chi connectivity index (χ3n) is 9.72. The van der Waals surface area contributed by atoms with Crippen LogP contribution in [0.1, 0.15) is 124 Å². The number of carbonyl (C=O) groups is 3. The molecule has 50 heavy (non-hydrogen) atoms. The smallest absolute Gasteiger partial charge is 0.451 e. The molecule has 1 aromatic heterocycles. The molecule has 2 aromatic rings. The predicted octanol–water partition coefficient (Wildman–Crippen LogP) is 6.40. The summed E-state index contributed by atoms with van der Waals surface area (Å²) in [6, 6.07) is 2.16. The number of pyridine rings is 1. The Morgan fingerprint density at radius 1 is 1.08 bits per heavy atom. The Hall–Kier alpha value is -4.49. The molecule has 3 aliphatic rings. The maximum Gasteiger partial charge on any atom is 0.511 e. The number of aromatic nitrogens is 1. The van der Waals surface area contributed by atoms with Gasteiger partial charge in [-0.05, 0) is 39.2 Å². The van der Waals surface area contributed by atoms with Gasteiger partial charge < -0.3 is 33.8 Å². The highest BCUT2D eigenvalue weighted by Gasteiger charge is 2.54. The molecular formula is C36H46F2N4O8. The Bertz CT molecular complexity index is 1660. The van der Waals surface area contributed by atoms with Crippen molar-refractivity contribution < 1.29 is 42.2 Å². The first-order valence-electron chi connectivity index (χ1n) is 17.5. The Balaban J connectivity index is 1.36. The minimum absolute atomic E-state index is 0.00248. The van der Waals surface area contributed by atoms with Crippen molar-refractivity contribution in [3.63, 3.8) is 0 Å². The van der Waals surface area contributed by atoms with E-state index in [1.165, 1.54) is 42.5 Å². The van der Waals surface area contributed by atoms with Crippen molar-refractivity contribution in [2.45, 2.75) is 116 Å². The summed E-state index contributed by atoms with van der Waals surface area (Å²) < 4.78 is 45.3. The number of carbonyl (C=O) groups excluding carboxylic acids is 3. The van der Waals surface area contributed by atoms with Crippen molar-refractivity contribution in [3.8, 4) is 5.75 Å². The summed E-state index contributed by atoms with van der Waals surface area (Å²) in [6.07, 6.45) is 10.5. The van der Waals surface area contributed by atoms with Crippen LogP contribution >= 0.6 is 0 Å². The Labute approximate surface area is 290 Å². The molecule has 2 amide bonds. The van der Waals surface area contributed by atoms with Crippen LogP contribution in [-0.4, -0.2) is 64.7 Å². The lowest BCUT2D eigenvalue weighted by molar-refractivity contribution is -0.0658. The van der Waals surface area contributed by atoms with Gasteiger partial charge in [-0.1, -0.05) is 63.1 Å². The van der Waals surface area contributed by atoms with Crippen LogP contribution < -0.4 is 15.5 Å². The molecule has 1 fully saturated rings. The van der Waals surface area contributed by atoms with Crippen molar-refractivity contribution in [2.75, 3.05) is 19.9 Å². The average Bonchev–Trinajstić information content (AvgIpc) is 3.42. The molecule has 1 aromatic carbocycles. The molecule has 5 rings (SSSR count). The number of oxime groups is 1. The number of rotatable bonds is 15. The molecule has 1 saturated heterocycles. The normalized spacial score (nSPS) is 20.9. The van der Waals surface area contributed by atoms with Gasteiger partial charge in [-0.3, -0.25) is 14.4 Å². The van der Waals surface area contributed by atoms with Crippen LogP contribution in [-0.2, 0) is 20.9 Å². The molecular weight excluding hydrogens is 654 g/mol. The summed E-state index contributed by atoms with van der Waals surface area (Å²) in [6.45, 7) is 5.20. The van der Waals surface area contributed by atoms with E-state index in [0.29, 0.717) is 31.7 Å². The van der Waals surface area contributed by atoms with Gasteiger partial charge in [0.2, 0.25) is 18.0 Å². The molecule has 1 N–H and O–H groups in total. The highest BCUT2D eigenvalue weighted by Crippen LogP contribution is 2.46. The molecule has 3 atom stereocenters. The van der Waals surface area contributed by atoms with Gasteiger partial charge in [0.15, 0.2) is 11.3 Å². The minimum atomic E-state index is -1.000. The van der Waals surface area contributed by atoms with Crippen LogP contribution in [0.5, 0.6) is 5.75 Å². The summed E-state index contributed by atoms with van der Waals surface area (Å²) in [4.78, 5) is 61.5. The molecule has 272 valence electrons. The zero-order valence-corrected chi connectivity index (χ0v) is 28.9. The topological polar surface area (TPSA) is 138 Å². The first-order valence-corrected chi connectivity index (χ1v) is 17.5. The lowest BCUT2D eigenvalue weighted by atomic mass is 9.84. The second kappa shape index (κ2) is 16.5. The number of ether oxygens (including phenoxy) is 3. The largest absolute Gasteiger partial charge is 0.511 e. The zero-order chi connectivity index (χ0) is 35.8. The van der Waals surface area contributed by atoms with Crippen molar-refractivity contribution in [1.29, 1.82) is 0 Å². The second-order valence-electron chi connectivity index (χ2n) is 13.4. The van der Waals surface area contributed by atoms with Crippen LogP contribution in [0.4, 0.5) is 13.6 Å². The molecule has 1 spiro atoms. The Kier molecular flexibility index (Phi) is 12.1. The number of amides is 2. The molecule has 0 saturated carbocycles. The number of fused-ring (bicyclic) bond motifs is 5. The van der Waals surface area contributed by atoms with Gasteiger partial charge in [0.05, 0.1) is 18.4 Å². The van der Waals surface area contributed by atoms with Gasteiger partial charge >= 0.3 is 6.16 Å². The molecule has 4 heterocycles. The molecule has 0 aliphatic carbocycles. The van der Waals surface area contributed by atoms with E-state index in [4.69, 9.17) is 19.0 Å². The monoisotopic (exact) mass is 700 g/mol. The van der Waals surface area contributed by atoms with E-state index in [9.17, 15) is 28.0 Å². The standard InChI is InChI=1S/C36H46F2N4O8/c1-4-5-6-7-8-9-10-11-16-47-35(46)49-22-48-32-30-34(45)41-21-29(36(15-14-24(41)3)18-23(2)40-50-36)42(30)20-27(31(32)43)33(44)39-19-25-12-13-26(37)17-28(25)38/h12-13,17,20,24,29H,4-11,14-16,18-19,21-22H2,1-3H3,(H,39,44)/t24-,29+,36-/m0/s1. The third kappa shape index (κ3) is 8.27. The number of hydrogen-bond acceptors (Lipinski definition) is 9. The molecule has 0 unspecified atom stereocenters. The third-order valence-corrected chi connectivity index (χ3v) is 9.72. The number of hydrogen-bond donors (Lipinski definition) is 1. The first-order chi connectivity index (χ1) is 24.0. The highest BCUT2D eigenvalue weighted by molar-refractivity contribution is 5.99. The fraction of sp³-hybridized carbons (Fsp3) is 0.583. The van der Waals surface area contributed by atoms with Crippen molar-refractivity contribution in [3.05, 3.63) is 63.1 Å². The van der Waals surface area contributed by atoms with Crippen LogP contribution in [0.2, 0.25) is 0 Å². The average molecular weight is 701 g/mol. The summed E-state index contributed by atoms with van der Waals surface area (Å²) in [5.41, 5.74) is -1.55. The zero-order valence-electron chi connectivity index (χ0n) is 28.9. The maximum absolute atomic E-state index is 14.3. The fourth-order valence-electron chi connectivity index (χ4n) is 6.91. The van der Waals surface area contributed by atoms with Crippen LogP contribution in [0.15, 0.2) is 34.3 Å². The fourth-order valence-corrected chi connectivity index (χ4v) is 6.91. The quantitative estimate of drug-likeness (QED) is 0.128. The van der Waals surface area contributed by atoms with Gasteiger partial charge in [0.1, 0.15) is 17.2 Å². The van der Waals surface area contributed by atoms with Crippen LogP contribution in [0.25, 0.3) is 0 Å². The van der Waals surface area contributed by atoms with E-state index in [1.807, 2.05) is 13.8 Å². The lowest BCUT2D eigenvalue weighted by Crippen LogP contribution is -2.52. The second-order valence-corrected chi connectivity index (χ2v) is 13.4. The van der Waals surface area contributed by atoms with E-state index in [1.54, 1.807) is 4.90 Å². The predicted molar refractivity (Wildman–Crippen MR) is 179 cm³/mol. The van der Waals surface area contributed by atoms with E-state index in [-0.39, 0.29) is 37.0 Å². The van der Waals surface area contributed by atoms with Gasteiger partial charge in [-0.25, -0.2) is 13.6 Å². The molecule has 0 radical (unpaired) electrons. The minimum Gasteiger partial charge on any atom is -0.451 e. The number of nitrogens with one attached hydrogen (secondary N) is 1. The first kappa shape index (κ1) is 36.8. The van der Waals surface area contributed by atoms with E-state index in [2.05, 4.69) is 17.4 Å². The summed E-state index contributed by atoms with van der Waals surface area (Å²) >= 11 is 0. The van der Waals surface area contributed by atoms with Crippen molar-refractivity contribution in [1.82, 2.24) is 14.8 Å². The molecule has 3 aliphatic heterocycles. The van der Waals surface area contributed by atoms with E-state index >= 15 is 0 Å². The number of halogens is 2. The lowest BCUT2D eigenvalue weighted by Gasteiger charge is -2.42. The van der Waals surface area contributed by atoms with Crippen LogP contribution in [0.3, 0.4) is 0 Å². The molecule has 12 nitrogen and oxygen atoms in total. The van der Waals surface area contributed by atoms with Gasteiger partial charge in [0.25, 0.3) is 11.8 Å². The SMILES string of the molecule is CCCCCCCCCCOC(=O)OCOc1c2n(cc(C(=O)NCc3ccc(F)cc3F)c1=O)[C@@H]1CN(C2=O)[C@@H](C)CC[C@]12CC(C)=NO2. The van der Waals surface area contributed by atoms with Crippen molar-refractivity contribution >= 4 is 23.7 Å². The summed E-state index contributed by atoms with van der Waals surface area (Å²) in [5, 5.41) is 6.72. The Morgan fingerprint density at radius 3 is 2.52 bits per heavy atom. The summed E-state index contributed by atoms with van der Waals surface area (Å²) in [5.74, 6) is -3.50. The maximum atomic E-state index is 14.3. The van der Waals surface area contributed by atoms with Gasteiger partial charge in [0, 0.05) is 43.4 Å². The molecule has 2 bridgehead atoms. The Morgan fingerprint density at radius 2 is 1.82 bits per heavy atom. The number of unbranched alkanes of at least 4 members (excludes halogenated alkanes) is 7. The highest BCUT2D eigenvalue weighted by atomic mass is 19.1. The summed E-state index contributed by atoms with van der Waals surface area (Å²) in [7, 11) is 0. The van der Waals surface area contributed by atoms with Gasteiger partial charge in [-0.15, -0.1) is 0 Å². The number of benzene rings is 1. The van der Waals surface area contributed by atoms with Crippen molar-refractivity contribution in [2.24, 2.45) is 5.16 Å². The number of nitrogens with zero attached hydrogens (tertiary/aromatic N) is 3. The molecule has 14 heteroatoms. The van der Waals surface area contributed by atoms with E-state index < -0.39 is 64.8 Å². The van der Waals surface area contributed by atoms with Gasteiger partial charge in [-0.2, -0.15) is 0 Å². The van der Waals surface area contributed by atoms with E-state index in [0.717, 1.165) is 31.0 Å².